The maximum absolute atomic E-state index is 11.0. The van der Waals surface area contributed by atoms with E-state index >= 15 is 0 Å². The molecule has 0 bridgehead atoms. The molecular formula is C9H16O3. The molecule has 0 rings (SSSR count). The Kier molecular flexibility index (Phi) is 6.61. The van der Waals surface area contributed by atoms with Crippen molar-refractivity contribution in [1.82, 2.24) is 0 Å². The van der Waals surface area contributed by atoms with Gasteiger partial charge in [0, 0.05) is 13.5 Å². The van der Waals surface area contributed by atoms with Gasteiger partial charge < -0.3 is 9.47 Å². The van der Waals surface area contributed by atoms with Crippen molar-refractivity contribution >= 4 is 5.78 Å². The number of methoxy groups -OCH3 is 1. The lowest BCUT2D eigenvalue weighted by molar-refractivity contribution is -0.123. The van der Waals surface area contributed by atoms with Crippen molar-refractivity contribution in [1.29, 1.82) is 0 Å². The summed E-state index contributed by atoms with van der Waals surface area (Å²) in [5.74, 6) is 0.0682. The molecule has 0 heterocycles. The van der Waals surface area contributed by atoms with Crippen molar-refractivity contribution < 1.29 is 14.3 Å². The average Bonchev–Trinajstić information content (AvgIpc) is 1.97. The number of ether oxygens (including phenoxy) is 2. The summed E-state index contributed by atoms with van der Waals surface area (Å²) in [5.41, 5.74) is 0.871. The zero-order valence-corrected chi connectivity index (χ0v) is 7.76. The van der Waals surface area contributed by atoms with E-state index in [4.69, 9.17) is 9.47 Å². The molecule has 0 atom stereocenters. The van der Waals surface area contributed by atoms with Gasteiger partial charge in [0.05, 0.1) is 13.2 Å². The molecule has 70 valence electrons. The first-order valence-electron chi connectivity index (χ1n) is 3.89. The van der Waals surface area contributed by atoms with Gasteiger partial charge in [-0.25, -0.2) is 0 Å². The van der Waals surface area contributed by atoms with Crippen LogP contribution in [-0.2, 0) is 14.3 Å². The van der Waals surface area contributed by atoms with Crippen LogP contribution < -0.4 is 0 Å². The fraction of sp³-hybridized carbons (Fsp3) is 0.667. The van der Waals surface area contributed by atoms with E-state index in [1.807, 2.05) is 6.92 Å². The van der Waals surface area contributed by atoms with E-state index in [-0.39, 0.29) is 12.4 Å². The number of Topliss-reactive ketones (excluding diaryl/α,β-unsaturated/α-hetero) is 1. The largest absolute Gasteiger partial charge is 0.382 e. The van der Waals surface area contributed by atoms with E-state index in [1.54, 1.807) is 7.11 Å². The molecule has 0 aromatic rings. The first kappa shape index (κ1) is 11.3. The molecule has 3 nitrogen and oxygen atoms in total. The second-order valence-corrected chi connectivity index (χ2v) is 2.72. The van der Waals surface area contributed by atoms with Gasteiger partial charge >= 0.3 is 0 Å². The van der Waals surface area contributed by atoms with Gasteiger partial charge in [-0.05, 0) is 6.92 Å². The van der Waals surface area contributed by atoms with Crippen LogP contribution >= 0.6 is 0 Å². The van der Waals surface area contributed by atoms with E-state index in [9.17, 15) is 4.79 Å². The molecule has 0 saturated heterocycles. The molecule has 3 heteroatoms. The Morgan fingerprint density at radius 1 is 1.42 bits per heavy atom. The number of ketones is 1. The minimum absolute atomic E-state index is 0.0682. The maximum Gasteiger partial charge on any atom is 0.162 e. The van der Waals surface area contributed by atoms with Crippen LogP contribution in [0.15, 0.2) is 12.2 Å². The van der Waals surface area contributed by atoms with Crippen LogP contribution in [0.4, 0.5) is 0 Å². The lowest BCUT2D eigenvalue weighted by Gasteiger charge is -2.02. The molecule has 0 amide bonds. The van der Waals surface area contributed by atoms with Crippen LogP contribution in [0, 0.1) is 0 Å². The first-order valence-corrected chi connectivity index (χ1v) is 3.89. The smallest absolute Gasteiger partial charge is 0.162 e. The summed E-state index contributed by atoms with van der Waals surface area (Å²) in [6, 6.07) is 0. The number of hydrogen-bond acceptors (Lipinski definition) is 3. The Labute approximate surface area is 73.4 Å². The molecular weight excluding hydrogens is 156 g/mol. The zero-order chi connectivity index (χ0) is 9.40. The third-order valence-electron chi connectivity index (χ3n) is 1.19. The standard InChI is InChI=1S/C9H16O3/c1-8(2)6-9(10)7-12-5-4-11-3/h1,4-7H2,2-3H3. The van der Waals surface area contributed by atoms with Crippen LogP contribution in [0.5, 0.6) is 0 Å². The Hall–Kier alpha value is -0.670. The van der Waals surface area contributed by atoms with E-state index in [0.29, 0.717) is 19.6 Å². The Bertz CT molecular complexity index is 152. The highest BCUT2D eigenvalue weighted by atomic mass is 16.5. The van der Waals surface area contributed by atoms with E-state index in [2.05, 4.69) is 6.58 Å². The van der Waals surface area contributed by atoms with Crippen molar-refractivity contribution in [2.24, 2.45) is 0 Å². The van der Waals surface area contributed by atoms with Crippen LogP contribution in [0.1, 0.15) is 13.3 Å². The molecule has 0 aliphatic rings. The van der Waals surface area contributed by atoms with Gasteiger partial charge in [-0.2, -0.15) is 0 Å². The van der Waals surface area contributed by atoms with Crippen molar-refractivity contribution in [3.63, 3.8) is 0 Å². The quantitative estimate of drug-likeness (QED) is 0.427. The summed E-state index contributed by atoms with van der Waals surface area (Å²) in [5, 5.41) is 0. The minimum atomic E-state index is 0.0682. The monoisotopic (exact) mass is 172 g/mol. The molecule has 0 fully saturated rings. The first-order chi connectivity index (χ1) is 5.66. The molecule has 0 aliphatic carbocycles. The minimum Gasteiger partial charge on any atom is -0.382 e. The molecule has 0 spiro atoms. The second kappa shape index (κ2) is 7.00. The van der Waals surface area contributed by atoms with E-state index in [0.717, 1.165) is 5.57 Å². The molecule has 0 N–H and O–H groups in total. The predicted octanol–water partition coefficient (Wildman–Crippen LogP) is 1.18. The van der Waals surface area contributed by atoms with E-state index in [1.165, 1.54) is 0 Å². The number of carbonyl (C=O) groups excluding carboxylic acids is 1. The van der Waals surface area contributed by atoms with Crippen molar-refractivity contribution in [3.8, 4) is 0 Å². The average molecular weight is 172 g/mol. The Balaban J connectivity index is 3.26. The molecule has 0 saturated carbocycles. The predicted molar refractivity (Wildman–Crippen MR) is 47.1 cm³/mol. The van der Waals surface area contributed by atoms with Gasteiger partial charge in [0.1, 0.15) is 6.61 Å². The lowest BCUT2D eigenvalue weighted by Crippen LogP contribution is -2.11. The topological polar surface area (TPSA) is 35.5 Å². The number of rotatable bonds is 7. The van der Waals surface area contributed by atoms with Crippen LogP contribution in [0.2, 0.25) is 0 Å². The SMILES string of the molecule is C=C(C)CC(=O)COCCOC. The van der Waals surface area contributed by atoms with Crippen LogP contribution in [-0.4, -0.2) is 32.7 Å². The van der Waals surface area contributed by atoms with Crippen molar-refractivity contribution in [3.05, 3.63) is 12.2 Å². The number of carbonyl (C=O) groups is 1. The maximum atomic E-state index is 11.0. The zero-order valence-electron chi connectivity index (χ0n) is 7.76. The third-order valence-corrected chi connectivity index (χ3v) is 1.19. The summed E-state index contributed by atoms with van der Waals surface area (Å²) in [6.45, 7) is 6.63. The van der Waals surface area contributed by atoms with Crippen molar-refractivity contribution in [2.45, 2.75) is 13.3 Å². The molecule has 0 aliphatic heterocycles. The summed E-state index contributed by atoms with van der Waals surface area (Å²) >= 11 is 0. The third kappa shape index (κ3) is 7.44. The van der Waals surface area contributed by atoms with Gasteiger partial charge in [-0.3, -0.25) is 4.79 Å². The Morgan fingerprint density at radius 2 is 2.08 bits per heavy atom. The highest BCUT2D eigenvalue weighted by Crippen LogP contribution is 1.96. The summed E-state index contributed by atoms with van der Waals surface area (Å²) in [7, 11) is 1.60. The van der Waals surface area contributed by atoms with Crippen LogP contribution in [0.3, 0.4) is 0 Å². The summed E-state index contributed by atoms with van der Waals surface area (Å²) < 4.78 is 9.77. The molecule has 0 aromatic heterocycles. The molecule has 0 radical (unpaired) electrons. The second-order valence-electron chi connectivity index (χ2n) is 2.72. The fourth-order valence-electron chi connectivity index (χ4n) is 0.716. The summed E-state index contributed by atoms with van der Waals surface area (Å²) in [4.78, 5) is 11.0. The van der Waals surface area contributed by atoms with Crippen LogP contribution in [0.25, 0.3) is 0 Å². The number of allylic oxidation sites excluding steroid dienone is 1. The molecule has 0 unspecified atom stereocenters. The lowest BCUT2D eigenvalue weighted by atomic mass is 10.2. The molecule has 12 heavy (non-hydrogen) atoms. The normalized spacial score (nSPS) is 9.83. The van der Waals surface area contributed by atoms with Gasteiger partial charge in [0.15, 0.2) is 5.78 Å². The highest BCUT2D eigenvalue weighted by Gasteiger charge is 2.00. The van der Waals surface area contributed by atoms with Gasteiger partial charge in [0.2, 0.25) is 0 Å². The summed E-state index contributed by atoms with van der Waals surface area (Å²) in [6.07, 6.45) is 0.410. The fourth-order valence-corrected chi connectivity index (χ4v) is 0.716. The van der Waals surface area contributed by atoms with Gasteiger partial charge in [-0.15, -0.1) is 0 Å². The Morgan fingerprint density at radius 3 is 2.58 bits per heavy atom. The van der Waals surface area contributed by atoms with Crippen molar-refractivity contribution in [2.75, 3.05) is 26.9 Å². The van der Waals surface area contributed by atoms with Gasteiger partial charge in [-0.1, -0.05) is 12.2 Å². The molecule has 0 aromatic carbocycles. The highest BCUT2D eigenvalue weighted by molar-refractivity contribution is 5.81. The van der Waals surface area contributed by atoms with Gasteiger partial charge in [0.25, 0.3) is 0 Å². The number of hydrogen-bond donors (Lipinski definition) is 0. The van der Waals surface area contributed by atoms with E-state index < -0.39 is 0 Å².